The number of quaternary nitrogens is 1. The molecule has 252 valence electrons. The van der Waals surface area contributed by atoms with Gasteiger partial charge < -0.3 is 20.1 Å². The zero-order valence-electron chi connectivity index (χ0n) is 28.2. The third kappa shape index (κ3) is 16.7. The van der Waals surface area contributed by atoms with Gasteiger partial charge in [0, 0.05) is 19.3 Å². The van der Waals surface area contributed by atoms with E-state index in [1.54, 1.807) is 20.8 Å². The molecule has 3 atom stereocenters. The molecule has 0 aromatic rings. The molecule has 0 saturated heterocycles. The van der Waals surface area contributed by atoms with Gasteiger partial charge in [0.15, 0.2) is 12.1 Å². The summed E-state index contributed by atoms with van der Waals surface area (Å²) >= 11 is 0. The Labute approximate surface area is 264 Å². The van der Waals surface area contributed by atoms with E-state index in [1.807, 2.05) is 6.08 Å². The monoisotopic (exact) mass is 609 g/mol. The fraction of sp³-hybridized carbons (Fsp3) is 0.861. The molecule has 3 unspecified atom stereocenters. The number of rotatable bonds is 32. The molecule has 0 aliphatic heterocycles. The summed E-state index contributed by atoms with van der Waals surface area (Å²) in [6.45, 7) is 9.06. The molecule has 0 bridgehead atoms. The van der Waals surface area contributed by atoms with Gasteiger partial charge in [-0.3, -0.25) is 4.48 Å². The smallest absolute Gasteiger partial charge is 0.362 e. The van der Waals surface area contributed by atoms with Gasteiger partial charge in [0.25, 0.3) is 0 Å². The lowest BCUT2D eigenvalue weighted by atomic mass is 9.93. The number of nitrogens with zero attached hydrogens (tertiary/aromatic N) is 1. The molecule has 0 aromatic carbocycles. The lowest BCUT2D eigenvalue weighted by Gasteiger charge is -2.51. The van der Waals surface area contributed by atoms with E-state index in [0.717, 1.165) is 25.7 Å². The predicted molar refractivity (Wildman–Crippen MR) is 175 cm³/mol. The van der Waals surface area contributed by atoms with Crippen LogP contribution in [0.3, 0.4) is 0 Å². The van der Waals surface area contributed by atoms with Gasteiger partial charge in [0.1, 0.15) is 6.04 Å². The molecule has 43 heavy (non-hydrogen) atoms. The minimum absolute atomic E-state index is 0.132. The molecule has 7 nitrogen and oxygen atoms in total. The SMILES string of the molecule is C=CCCCCCCCCCCCCCCCCCCCCCC[N+](C(CC)C(=O)[O-])(C(CC)C(=O)O)C(CC)C(=O)O. The summed E-state index contributed by atoms with van der Waals surface area (Å²) in [6.07, 6.45) is 28.5. The zero-order chi connectivity index (χ0) is 32.3. The summed E-state index contributed by atoms with van der Waals surface area (Å²) < 4.78 is -0.465. The van der Waals surface area contributed by atoms with Crippen molar-refractivity contribution in [2.45, 2.75) is 193 Å². The fourth-order valence-electron chi connectivity index (χ4n) is 7.12. The van der Waals surface area contributed by atoms with Crippen LogP contribution in [-0.2, 0) is 14.4 Å². The van der Waals surface area contributed by atoms with Crippen molar-refractivity contribution in [1.82, 2.24) is 0 Å². The summed E-state index contributed by atoms with van der Waals surface area (Å²) in [6, 6.07) is -3.37. The average Bonchev–Trinajstić information content (AvgIpc) is 2.96. The topological polar surface area (TPSA) is 115 Å². The standard InChI is InChI=1S/C36H67NO6/c1-5-9-10-11-12-13-14-15-16-17-18-19-20-21-22-23-24-25-26-27-28-29-30-37(31(6-2)34(38)39,32(7-3)35(40)41)33(8-4)36(42)43/h5,31-33H,1,6-30H2,2-4H3,(H2-,38,39,40,41,42,43). The van der Waals surface area contributed by atoms with Crippen molar-refractivity contribution in [2.24, 2.45) is 0 Å². The van der Waals surface area contributed by atoms with Crippen molar-refractivity contribution in [3.8, 4) is 0 Å². The van der Waals surface area contributed by atoms with Crippen LogP contribution in [0, 0.1) is 0 Å². The average molecular weight is 610 g/mol. The van der Waals surface area contributed by atoms with Crippen molar-refractivity contribution < 1.29 is 34.2 Å². The van der Waals surface area contributed by atoms with Gasteiger partial charge >= 0.3 is 11.9 Å². The zero-order valence-corrected chi connectivity index (χ0v) is 28.2. The van der Waals surface area contributed by atoms with Crippen LogP contribution in [0.15, 0.2) is 12.7 Å². The van der Waals surface area contributed by atoms with Crippen LogP contribution in [-0.4, -0.2) is 57.3 Å². The lowest BCUT2D eigenvalue weighted by molar-refractivity contribution is -0.974. The van der Waals surface area contributed by atoms with Crippen LogP contribution >= 0.6 is 0 Å². The Kier molecular flexibility index (Phi) is 25.3. The Hall–Kier alpha value is -1.89. The summed E-state index contributed by atoms with van der Waals surface area (Å²) in [7, 11) is 0. The Bertz CT molecular complexity index is 684. The van der Waals surface area contributed by atoms with Crippen molar-refractivity contribution in [2.75, 3.05) is 6.54 Å². The molecule has 2 N–H and O–H groups in total. The van der Waals surface area contributed by atoms with Crippen molar-refractivity contribution in [3.63, 3.8) is 0 Å². The molecule has 0 amide bonds. The Morgan fingerprint density at radius 3 is 1.07 bits per heavy atom. The number of carboxylic acid groups (broad SMARTS) is 3. The first kappa shape index (κ1) is 41.1. The highest BCUT2D eigenvalue weighted by Crippen LogP contribution is 2.32. The van der Waals surface area contributed by atoms with Crippen molar-refractivity contribution >= 4 is 17.9 Å². The van der Waals surface area contributed by atoms with Gasteiger partial charge in [-0.2, -0.15) is 0 Å². The first-order valence-electron chi connectivity index (χ1n) is 17.9. The molecule has 0 aliphatic carbocycles. The molecule has 0 saturated carbocycles. The quantitative estimate of drug-likeness (QED) is 0.0449. The van der Waals surface area contributed by atoms with Gasteiger partial charge in [-0.25, -0.2) is 9.59 Å². The van der Waals surface area contributed by atoms with Crippen molar-refractivity contribution in [1.29, 1.82) is 0 Å². The molecule has 7 heteroatoms. The highest BCUT2D eigenvalue weighted by atomic mass is 16.4. The van der Waals surface area contributed by atoms with E-state index in [2.05, 4.69) is 6.58 Å². The van der Waals surface area contributed by atoms with E-state index in [0.29, 0.717) is 6.42 Å². The van der Waals surface area contributed by atoms with Crippen LogP contribution in [0.4, 0.5) is 0 Å². The summed E-state index contributed by atoms with van der Waals surface area (Å²) in [5, 5.41) is 32.2. The number of allylic oxidation sites excluding steroid dienone is 1. The lowest BCUT2D eigenvalue weighted by Crippen LogP contribution is -2.73. The molecular weight excluding hydrogens is 542 g/mol. The number of hydrogen-bond acceptors (Lipinski definition) is 4. The van der Waals surface area contributed by atoms with Gasteiger partial charge in [-0.15, -0.1) is 6.58 Å². The fourth-order valence-corrected chi connectivity index (χ4v) is 7.12. The molecule has 0 fully saturated rings. The first-order valence-corrected chi connectivity index (χ1v) is 17.9. The van der Waals surface area contributed by atoms with Crippen LogP contribution in [0.1, 0.15) is 175 Å². The normalized spacial score (nSPS) is 15.0. The second kappa shape index (κ2) is 26.5. The van der Waals surface area contributed by atoms with E-state index in [9.17, 15) is 29.7 Å². The molecule has 0 spiro atoms. The van der Waals surface area contributed by atoms with E-state index >= 15 is 0 Å². The summed E-state index contributed by atoms with van der Waals surface area (Å²) in [5.41, 5.74) is 0. The second-order valence-corrected chi connectivity index (χ2v) is 12.6. The number of hydrogen-bond donors (Lipinski definition) is 2. The molecule has 0 rings (SSSR count). The van der Waals surface area contributed by atoms with Crippen LogP contribution in [0.25, 0.3) is 0 Å². The molecule has 0 aromatic heterocycles. The van der Waals surface area contributed by atoms with Crippen molar-refractivity contribution in [3.05, 3.63) is 12.7 Å². The summed E-state index contributed by atoms with van der Waals surface area (Å²) in [4.78, 5) is 36.7. The minimum Gasteiger partial charge on any atom is -0.544 e. The number of carbonyl (C=O) groups excluding carboxylic acids is 1. The van der Waals surface area contributed by atoms with Gasteiger partial charge in [-0.05, 0) is 25.7 Å². The highest BCUT2D eigenvalue weighted by Gasteiger charge is 2.53. The Morgan fingerprint density at radius 2 is 0.837 bits per heavy atom. The van der Waals surface area contributed by atoms with Crippen LogP contribution in [0.5, 0.6) is 0 Å². The second-order valence-electron chi connectivity index (χ2n) is 12.6. The number of unbranched alkanes of at least 4 members (excludes halogenated alkanes) is 20. The van der Waals surface area contributed by atoms with E-state index in [4.69, 9.17) is 0 Å². The maximum Gasteiger partial charge on any atom is 0.362 e. The molecule has 0 heterocycles. The minimum atomic E-state index is -1.36. The maximum atomic E-state index is 12.3. The van der Waals surface area contributed by atoms with Crippen LogP contribution < -0.4 is 5.11 Å². The Balaban J connectivity index is 4.25. The number of carbonyl (C=O) groups is 3. The molecular formula is C36H67NO6. The van der Waals surface area contributed by atoms with Gasteiger partial charge in [0.05, 0.1) is 12.5 Å². The maximum absolute atomic E-state index is 12.3. The Morgan fingerprint density at radius 1 is 0.558 bits per heavy atom. The van der Waals surface area contributed by atoms with Crippen LogP contribution in [0.2, 0.25) is 0 Å². The largest absolute Gasteiger partial charge is 0.544 e. The number of aliphatic carboxylic acids is 3. The molecule has 0 radical (unpaired) electrons. The van der Waals surface area contributed by atoms with E-state index in [1.165, 1.54) is 103 Å². The third-order valence-corrected chi connectivity index (χ3v) is 9.45. The number of carboxylic acids is 3. The highest BCUT2D eigenvalue weighted by molar-refractivity contribution is 5.77. The first-order chi connectivity index (χ1) is 20.7. The third-order valence-electron chi connectivity index (χ3n) is 9.45. The predicted octanol–water partition coefficient (Wildman–Crippen LogP) is 8.44. The van der Waals surface area contributed by atoms with Gasteiger partial charge in [0.2, 0.25) is 0 Å². The van der Waals surface area contributed by atoms with E-state index < -0.39 is 40.5 Å². The van der Waals surface area contributed by atoms with E-state index in [-0.39, 0.29) is 25.8 Å². The molecule has 0 aliphatic rings. The summed E-state index contributed by atoms with van der Waals surface area (Å²) in [5.74, 6) is -3.64. The van der Waals surface area contributed by atoms with Gasteiger partial charge in [-0.1, -0.05) is 136 Å².